The Morgan fingerprint density at radius 2 is 1.88 bits per heavy atom. The Morgan fingerprint density at radius 1 is 1.24 bits per heavy atom. The zero-order chi connectivity index (χ0) is 12.4. The van der Waals surface area contributed by atoms with E-state index < -0.39 is 5.97 Å². The largest absolute Gasteiger partial charge is 0.476 e. The van der Waals surface area contributed by atoms with Crippen molar-refractivity contribution in [2.75, 3.05) is 5.73 Å². The van der Waals surface area contributed by atoms with Crippen molar-refractivity contribution in [3.05, 3.63) is 41.7 Å². The van der Waals surface area contributed by atoms with Crippen molar-refractivity contribution in [2.45, 2.75) is 6.92 Å². The van der Waals surface area contributed by atoms with Gasteiger partial charge in [0.05, 0.1) is 11.4 Å². The number of hydrogen-bond acceptors (Lipinski definition) is 4. The number of nitrogen functional groups attached to an aromatic ring is 1. The molecule has 3 N–H and O–H groups in total. The van der Waals surface area contributed by atoms with Gasteiger partial charge in [-0.15, -0.1) is 0 Å². The summed E-state index contributed by atoms with van der Waals surface area (Å²) in [6.45, 7) is 1.71. The number of benzene rings is 1. The number of aryl methyl sites for hydroxylation is 1. The topological polar surface area (TPSA) is 89.1 Å². The van der Waals surface area contributed by atoms with Crippen molar-refractivity contribution in [3.8, 4) is 11.3 Å². The van der Waals surface area contributed by atoms with Gasteiger partial charge in [0.1, 0.15) is 0 Å². The van der Waals surface area contributed by atoms with Crippen LogP contribution in [0.25, 0.3) is 11.3 Å². The smallest absolute Gasteiger partial charge is 0.358 e. The van der Waals surface area contributed by atoms with Crippen molar-refractivity contribution in [2.24, 2.45) is 0 Å². The fourth-order valence-electron chi connectivity index (χ4n) is 1.56. The predicted octanol–water partition coefficient (Wildman–Crippen LogP) is 1.73. The Hall–Kier alpha value is -2.43. The standard InChI is InChI=1S/C12H11N3O2/c1-7-9(8-5-3-2-4-6-8)15-11(13)10(14-7)12(16)17/h2-6H,1H3,(H2,13,15)(H,16,17). The Kier molecular flexibility index (Phi) is 2.74. The molecule has 5 nitrogen and oxygen atoms in total. The average molecular weight is 229 g/mol. The maximum atomic E-state index is 10.8. The Bertz CT molecular complexity index is 567. The van der Waals surface area contributed by atoms with Gasteiger partial charge in [0.25, 0.3) is 0 Å². The minimum atomic E-state index is -1.17. The fraction of sp³-hybridized carbons (Fsp3) is 0.0833. The fourth-order valence-corrected chi connectivity index (χ4v) is 1.56. The van der Waals surface area contributed by atoms with Gasteiger partial charge in [0.2, 0.25) is 0 Å². The molecule has 0 radical (unpaired) electrons. The first-order valence-corrected chi connectivity index (χ1v) is 5.02. The highest BCUT2D eigenvalue weighted by atomic mass is 16.4. The van der Waals surface area contributed by atoms with Gasteiger partial charge in [-0.25, -0.2) is 14.8 Å². The van der Waals surface area contributed by atoms with E-state index in [4.69, 9.17) is 10.8 Å². The van der Waals surface area contributed by atoms with Gasteiger partial charge >= 0.3 is 5.97 Å². The molecule has 0 spiro atoms. The molecule has 0 unspecified atom stereocenters. The summed E-state index contributed by atoms with van der Waals surface area (Å²) in [6, 6.07) is 9.38. The number of anilines is 1. The van der Waals surface area contributed by atoms with E-state index in [9.17, 15) is 4.79 Å². The maximum Gasteiger partial charge on any atom is 0.358 e. The minimum Gasteiger partial charge on any atom is -0.476 e. The number of hydrogen-bond donors (Lipinski definition) is 2. The van der Waals surface area contributed by atoms with Crippen molar-refractivity contribution in [3.63, 3.8) is 0 Å². The van der Waals surface area contributed by atoms with E-state index in [2.05, 4.69) is 9.97 Å². The molecule has 0 saturated heterocycles. The van der Waals surface area contributed by atoms with Crippen molar-refractivity contribution in [1.82, 2.24) is 9.97 Å². The monoisotopic (exact) mass is 229 g/mol. The van der Waals surface area contributed by atoms with Crippen LogP contribution < -0.4 is 5.73 Å². The zero-order valence-corrected chi connectivity index (χ0v) is 9.21. The summed E-state index contributed by atoms with van der Waals surface area (Å²) in [6.07, 6.45) is 0. The molecule has 5 heteroatoms. The number of nitrogens with zero attached hydrogens (tertiary/aromatic N) is 2. The molecular weight excluding hydrogens is 218 g/mol. The van der Waals surface area contributed by atoms with E-state index in [0.717, 1.165) is 5.56 Å². The summed E-state index contributed by atoms with van der Waals surface area (Å²) in [5.74, 6) is -1.24. The van der Waals surface area contributed by atoms with Gasteiger partial charge in [-0.2, -0.15) is 0 Å². The second-order valence-corrected chi connectivity index (χ2v) is 3.56. The highest BCUT2D eigenvalue weighted by Crippen LogP contribution is 2.21. The maximum absolute atomic E-state index is 10.8. The number of aromatic nitrogens is 2. The Morgan fingerprint density at radius 3 is 2.47 bits per heavy atom. The van der Waals surface area contributed by atoms with Crippen LogP contribution in [0.3, 0.4) is 0 Å². The van der Waals surface area contributed by atoms with E-state index in [-0.39, 0.29) is 11.5 Å². The van der Waals surface area contributed by atoms with Gasteiger partial charge in [-0.1, -0.05) is 30.3 Å². The van der Waals surface area contributed by atoms with Crippen molar-refractivity contribution >= 4 is 11.8 Å². The lowest BCUT2D eigenvalue weighted by molar-refractivity contribution is 0.0691. The zero-order valence-electron chi connectivity index (χ0n) is 9.21. The number of aromatic carboxylic acids is 1. The second-order valence-electron chi connectivity index (χ2n) is 3.56. The first kappa shape index (κ1) is 11.1. The summed E-state index contributed by atoms with van der Waals surface area (Å²) >= 11 is 0. The van der Waals surface area contributed by atoms with E-state index in [1.807, 2.05) is 30.3 Å². The second kappa shape index (κ2) is 4.21. The molecule has 17 heavy (non-hydrogen) atoms. The summed E-state index contributed by atoms with van der Waals surface area (Å²) in [4.78, 5) is 18.9. The molecule has 2 rings (SSSR count). The van der Waals surface area contributed by atoms with Crippen LogP contribution in [0.4, 0.5) is 5.82 Å². The Balaban J connectivity index is 2.58. The molecular formula is C12H11N3O2. The highest BCUT2D eigenvalue weighted by Gasteiger charge is 2.15. The minimum absolute atomic E-state index is 0.0676. The molecule has 0 saturated carbocycles. The van der Waals surface area contributed by atoms with E-state index in [1.54, 1.807) is 6.92 Å². The molecule has 0 bridgehead atoms. The van der Waals surface area contributed by atoms with Crippen LogP contribution in [0, 0.1) is 6.92 Å². The lowest BCUT2D eigenvalue weighted by Gasteiger charge is -2.07. The SMILES string of the molecule is Cc1nc(C(=O)O)c(N)nc1-c1ccccc1. The molecule has 0 aliphatic heterocycles. The van der Waals surface area contributed by atoms with E-state index in [0.29, 0.717) is 11.4 Å². The highest BCUT2D eigenvalue weighted by molar-refractivity contribution is 5.90. The van der Waals surface area contributed by atoms with Crippen LogP contribution in [-0.2, 0) is 0 Å². The summed E-state index contributed by atoms with van der Waals surface area (Å²) in [5, 5.41) is 8.87. The van der Waals surface area contributed by atoms with E-state index in [1.165, 1.54) is 0 Å². The molecule has 0 aliphatic carbocycles. The van der Waals surface area contributed by atoms with Crippen LogP contribution >= 0.6 is 0 Å². The Labute approximate surface area is 98.0 Å². The molecule has 0 amide bonds. The normalized spacial score (nSPS) is 10.2. The molecule has 0 aliphatic rings. The molecule has 0 atom stereocenters. The third-order valence-corrected chi connectivity index (χ3v) is 2.35. The van der Waals surface area contributed by atoms with Crippen molar-refractivity contribution in [1.29, 1.82) is 0 Å². The lowest BCUT2D eigenvalue weighted by atomic mass is 10.1. The van der Waals surface area contributed by atoms with E-state index >= 15 is 0 Å². The van der Waals surface area contributed by atoms with Crippen LogP contribution in [0.2, 0.25) is 0 Å². The van der Waals surface area contributed by atoms with Crippen molar-refractivity contribution < 1.29 is 9.90 Å². The van der Waals surface area contributed by atoms with Gasteiger partial charge in [-0.3, -0.25) is 0 Å². The van der Waals surface area contributed by atoms with Crippen LogP contribution in [0.1, 0.15) is 16.2 Å². The molecule has 1 heterocycles. The third kappa shape index (κ3) is 2.08. The number of carbonyl (C=O) groups is 1. The molecule has 1 aromatic heterocycles. The summed E-state index contributed by atoms with van der Waals surface area (Å²) < 4.78 is 0. The third-order valence-electron chi connectivity index (χ3n) is 2.35. The van der Waals surface area contributed by atoms with Gasteiger partial charge in [0.15, 0.2) is 11.5 Å². The number of nitrogens with two attached hydrogens (primary N) is 1. The summed E-state index contributed by atoms with van der Waals surface area (Å²) in [7, 11) is 0. The molecule has 1 aromatic carbocycles. The van der Waals surface area contributed by atoms with Gasteiger partial charge in [-0.05, 0) is 6.92 Å². The summed E-state index contributed by atoms with van der Waals surface area (Å²) in [5.41, 5.74) is 7.38. The quantitative estimate of drug-likeness (QED) is 0.818. The predicted molar refractivity (Wildman–Crippen MR) is 63.6 cm³/mol. The van der Waals surface area contributed by atoms with Crippen LogP contribution in [0.5, 0.6) is 0 Å². The van der Waals surface area contributed by atoms with Gasteiger partial charge in [0, 0.05) is 5.56 Å². The molecule has 2 aromatic rings. The lowest BCUT2D eigenvalue weighted by Crippen LogP contribution is -2.10. The van der Waals surface area contributed by atoms with Crippen LogP contribution in [0.15, 0.2) is 30.3 Å². The first-order chi connectivity index (χ1) is 8.09. The molecule has 0 fully saturated rings. The molecule has 86 valence electrons. The van der Waals surface area contributed by atoms with Gasteiger partial charge < -0.3 is 10.8 Å². The number of rotatable bonds is 2. The number of carboxylic acid groups (broad SMARTS) is 1. The van der Waals surface area contributed by atoms with Crippen LogP contribution in [-0.4, -0.2) is 21.0 Å². The average Bonchev–Trinajstić information content (AvgIpc) is 2.32. The number of carboxylic acids is 1. The first-order valence-electron chi connectivity index (χ1n) is 5.02.